The number of nitrogens with zero attached hydrogens (tertiary/aromatic N) is 1. The number of thioether (sulfide) groups is 1. The number of aromatic carboxylic acids is 1. The van der Waals surface area contributed by atoms with E-state index >= 15 is 0 Å². The lowest BCUT2D eigenvalue weighted by molar-refractivity contribution is 0.0683. The van der Waals surface area contributed by atoms with Crippen LogP contribution in [0, 0.1) is 0 Å². The number of carboxylic acid groups (broad SMARTS) is 1. The molecule has 18 heavy (non-hydrogen) atoms. The number of hydrogen-bond acceptors (Lipinski definition) is 5. The van der Waals surface area contributed by atoms with Crippen LogP contribution in [0.5, 0.6) is 0 Å². The number of hydrogen-bond donors (Lipinski definition) is 2. The molecule has 0 aliphatic rings. The smallest absolute Gasteiger partial charge is 0.372 e. The van der Waals surface area contributed by atoms with E-state index in [1.165, 1.54) is 11.3 Å². The molecule has 2 aromatic rings. The summed E-state index contributed by atoms with van der Waals surface area (Å²) in [6, 6.07) is 0. The van der Waals surface area contributed by atoms with E-state index in [0.29, 0.717) is 10.2 Å². The summed E-state index contributed by atoms with van der Waals surface area (Å²) >= 11 is 3.07. The van der Waals surface area contributed by atoms with Gasteiger partial charge in [-0.2, -0.15) is 11.8 Å². The number of H-pyrrole nitrogens is 1. The molecule has 0 aliphatic heterocycles. The molecule has 0 amide bonds. The Labute approximate surface area is 111 Å². The van der Waals surface area contributed by atoms with Gasteiger partial charge in [0, 0.05) is 10.6 Å². The first-order valence-electron chi connectivity index (χ1n) is 5.35. The maximum atomic E-state index is 11.9. The second-order valence-electron chi connectivity index (χ2n) is 3.69. The lowest BCUT2D eigenvalue weighted by Crippen LogP contribution is -2.15. The Kier molecular flexibility index (Phi) is 3.72. The van der Waals surface area contributed by atoms with Gasteiger partial charge in [-0.3, -0.25) is 4.79 Å². The Bertz CT molecular complexity index is 660. The predicted octanol–water partition coefficient (Wildman–Crippen LogP) is 2.11. The number of fused-ring (bicyclic) bond motifs is 1. The van der Waals surface area contributed by atoms with Crippen LogP contribution >= 0.6 is 23.1 Å². The van der Waals surface area contributed by atoms with Crippen molar-refractivity contribution in [1.29, 1.82) is 0 Å². The Morgan fingerprint density at radius 1 is 1.56 bits per heavy atom. The van der Waals surface area contributed by atoms with Gasteiger partial charge in [0.1, 0.15) is 4.83 Å². The number of carboxylic acids is 1. The fourth-order valence-electron chi connectivity index (χ4n) is 1.83. The number of thiophene rings is 1. The topological polar surface area (TPSA) is 83.0 Å². The largest absolute Gasteiger partial charge is 0.475 e. The summed E-state index contributed by atoms with van der Waals surface area (Å²) in [5.41, 5.74) is 0.618. The maximum absolute atomic E-state index is 11.9. The number of carbonyl (C=O) groups is 1. The normalized spacial score (nSPS) is 11.0. The summed E-state index contributed by atoms with van der Waals surface area (Å²) in [5.74, 6) is -0.703. The molecule has 7 heteroatoms. The second kappa shape index (κ2) is 5.11. The fourth-order valence-corrected chi connectivity index (χ4v) is 3.92. The standard InChI is InChI=1S/C11H12N2O3S2/c1-3-5-6(4-17-2)18-10-7(5)9(14)12-8(13-10)11(15)16/h3-4H2,1-2H3,(H,15,16)(H,12,13,14). The fraction of sp³-hybridized carbons (Fsp3) is 0.364. The first-order valence-corrected chi connectivity index (χ1v) is 7.56. The average Bonchev–Trinajstić information content (AvgIpc) is 2.67. The highest BCUT2D eigenvalue weighted by atomic mass is 32.2. The highest BCUT2D eigenvalue weighted by Crippen LogP contribution is 2.30. The molecule has 0 spiro atoms. The number of aromatic nitrogens is 2. The van der Waals surface area contributed by atoms with Gasteiger partial charge in [-0.25, -0.2) is 9.78 Å². The summed E-state index contributed by atoms with van der Waals surface area (Å²) in [4.78, 5) is 30.7. The van der Waals surface area contributed by atoms with Gasteiger partial charge < -0.3 is 10.1 Å². The molecule has 0 atom stereocenters. The highest BCUT2D eigenvalue weighted by molar-refractivity contribution is 7.97. The van der Waals surface area contributed by atoms with Crippen molar-refractivity contribution in [1.82, 2.24) is 9.97 Å². The third kappa shape index (κ3) is 2.15. The van der Waals surface area contributed by atoms with Crippen molar-refractivity contribution in [3.8, 4) is 0 Å². The quantitative estimate of drug-likeness (QED) is 0.898. The van der Waals surface area contributed by atoms with Crippen LogP contribution in [-0.4, -0.2) is 27.3 Å². The average molecular weight is 284 g/mol. The molecular weight excluding hydrogens is 272 g/mol. The predicted molar refractivity (Wildman–Crippen MR) is 73.8 cm³/mol. The van der Waals surface area contributed by atoms with Gasteiger partial charge in [-0.15, -0.1) is 11.3 Å². The van der Waals surface area contributed by atoms with Crippen molar-refractivity contribution >= 4 is 39.3 Å². The molecule has 5 nitrogen and oxygen atoms in total. The Morgan fingerprint density at radius 3 is 2.83 bits per heavy atom. The molecule has 0 saturated carbocycles. The van der Waals surface area contributed by atoms with Crippen LogP contribution in [0.3, 0.4) is 0 Å². The van der Waals surface area contributed by atoms with Gasteiger partial charge in [0.05, 0.1) is 5.39 Å². The minimum atomic E-state index is -1.22. The van der Waals surface area contributed by atoms with E-state index in [-0.39, 0.29) is 11.4 Å². The van der Waals surface area contributed by atoms with E-state index in [9.17, 15) is 9.59 Å². The van der Waals surface area contributed by atoms with Crippen LogP contribution in [-0.2, 0) is 12.2 Å². The van der Waals surface area contributed by atoms with Crippen molar-refractivity contribution in [2.45, 2.75) is 19.1 Å². The molecule has 0 aromatic carbocycles. The number of rotatable bonds is 4. The Balaban J connectivity index is 2.75. The Hall–Kier alpha value is -1.34. The molecule has 0 aliphatic carbocycles. The van der Waals surface area contributed by atoms with Gasteiger partial charge in [0.15, 0.2) is 0 Å². The van der Waals surface area contributed by atoms with E-state index in [1.54, 1.807) is 11.8 Å². The molecule has 0 bridgehead atoms. The summed E-state index contributed by atoms with van der Waals surface area (Å²) in [7, 11) is 0. The van der Waals surface area contributed by atoms with Crippen LogP contribution in [0.25, 0.3) is 10.2 Å². The molecule has 2 rings (SSSR count). The maximum Gasteiger partial charge on any atom is 0.372 e. The zero-order valence-corrected chi connectivity index (χ0v) is 11.6. The molecule has 2 aromatic heterocycles. The van der Waals surface area contributed by atoms with Crippen molar-refractivity contribution in [2.24, 2.45) is 0 Å². The molecule has 96 valence electrons. The summed E-state index contributed by atoms with van der Waals surface area (Å²) in [6.45, 7) is 1.98. The van der Waals surface area contributed by atoms with Crippen molar-refractivity contribution in [2.75, 3.05) is 6.26 Å². The van der Waals surface area contributed by atoms with Crippen molar-refractivity contribution in [3.05, 3.63) is 26.6 Å². The molecular formula is C11H12N2O3S2. The summed E-state index contributed by atoms with van der Waals surface area (Å²) in [5, 5.41) is 9.41. The lowest BCUT2D eigenvalue weighted by Gasteiger charge is -1.98. The van der Waals surface area contributed by atoms with Crippen LogP contribution in [0.1, 0.15) is 28.0 Å². The molecule has 2 heterocycles. The summed E-state index contributed by atoms with van der Waals surface area (Å²) < 4.78 is 0. The first-order chi connectivity index (χ1) is 8.58. The van der Waals surface area contributed by atoms with E-state index in [0.717, 1.165) is 22.6 Å². The minimum absolute atomic E-state index is 0.299. The molecule has 0 unspecified atom stereocenters. The minimum Gasteiger partial charge on any atom is -0.475 e. The monoisotopic (exact) mass is 284 g/mol. The third-order valence-electron chi connectivity index (χ3n) is 2.58. The number of nitrogens with one attached hydrogen (secondary N) is 1. The SMILES string of the molecule is CCc1c(CSC)sc2nc(C(=O)O)[nH]c(=O)c12. The van der Waals surface area contributed by atoms with E-state index in [4.69, 9.17) is 5.11 Å². The van der Waals surface area contributed by atoms with Gasteiger partial charge in [0.25, 0.3) is 5.56 Å². The van der Waals surface area contributed by atoms with Crippen LogP contribution < -0.4 is 5.56 Å². The van der Waals surface area contributed by atoms with Crippen LogP contribution in [0.2, 0.25) is 0 Å². The zero-order valence-electron chi connectivity index (χ0n) is 9.94. The van der Waals surface area contributed by atoms with Gasteiger partial charge in [-0.1, -0.05) is 6.92 Å². The van der Waals surface area contributed by atoms with Crippen molar-refractivity contribution < 1.29 is 9.90 Å². The molecule has 0 saturated heterocycles. The first kappa shape index (κ1) is 13.1. The number of aromatic amines is 1. The number of aryl methyl sites for hydroxylation is 1. The van der Waals surface area contributed by atoms with Crippen LogP contribution in [0.15, 0.2) is 4.79 Å². The molecule has 0 radical (unpaired) electrons. The van der Waals surface area contributed by atoms with E-state index in [2.05, 4.69) is 9.97 Å². The van der Waals surface area contributed by atoms with Gasteiger partial charge in [-0.05, 0) is 18.2 Å². The van der Waals surface area contributed by atoms with E-state index < -0.39 is 5.97 Å². The summed E-state index contributed by atoms with van der Waals surface area (Å²) in [6.07, 6.45) is 2.73. The van der Waals surface area contributed by atoms with Crippen LogP contribution in [0.4, 0.5) is 0 Å². The highest BCUT2D eigenvalue weighted by Gasteiger charge is 2.17. The van der Waals surface area contributed by atoms with E-state index in [1.807, 2.05) is 13.2 Å². The second-order valence-corrected chi connectivity index (χ2v) is 5.64. The zero-order chi connectivity index (χ0) is 13.3. The van der Waals surface area contributed by atoms with Gasteiger partial charge in [0.2, 0.25) is 5.82 Å². The third-order valence-corrected chi connectivity index (χ3v) is 4.46. The molecule has 2 N–H and O–H groups in total. The molecule has 0 fully saturated rings. The van der Waals surface area contributed by atoms with Gasteiger partial charge >= 0.3 is 5.97 Å². The Morgan fingerprint density at radius 2 is 2.28 bits per heavy atom. The lowest BCUT2D eigenvalue weighted by atomic mass is 10.1. The van der Waals surface area contributed by atoms with Crippen molar-refractivity contribution in [3.63, 3.8) is 0 Å².